The second kappa shape index (κ2) is 6.10. The fourth-order valence-corrected chi connectivity index (χ4v) is 1.67. The van der Waals surface area contributed by atoms with Crippen LogP contribution < -0.4 is 21.7 Å². The Morgan fingerprint density at radius 2 is 1.73 bits per heavy atom. The molecule has 0 aromatic carbocycles. The van der Waals surface area contributed by atoms with Gasteiger partial charge in [-0.15, -0.1) is 0 Å². The van der Waals surface area contributed by atoms with E-state index >= 15 is 0 Å². The van der Waals surface area contributed by atoms with Gasteiger partial charge in [0.05, 0.1) is 0 Å². The number of carbonyl (C=O) groups is 2. The Labute approximate surface area is 89.0 Å². The third-order valence-electron chi connectivity index (χ3n) is 2.40. The predicted molar refractivity (Wildman–Crippen MR) is 56.4 cm³/mol. The van der Waals surface area contributed by atoms with Crippen LogP contribution in [0, 0.1) is 0 Å². The average Bonchev–Trinajstić information content (AvgIpc) is 2.64. The molecule has 86 valence electrons. The number of hydrogen-bond acceptors (Lipinski definition) is 2. The van der Waals surface area contributed by atoms with E-state index in [1.165, 1.54) is 12.8 Å². The van der Waals surface area contributed by atoms with E-state index in [2.05, 4.69) is 16.0 Å². The summed E-state index contributed by atoms with van der Waals surface area (Å²) in [6.45, 7) is 0.745. The molecule has 0 bridgehead atoms. The van der Waals surface area contributed by atoms with E-state index in [1.807, 2.05) is 0 Å². The van der Waals surface area contributed by atoms with Gasteiger partial charge in [-0.25, -0.2) is 9.59 Å². The molecule has 1 fully saturated rings. The number of nitrogens with two attached hydrogens (primary N) is 1. The molecule has 0 spiro atoms. The zero-order valence-corrected chi connectivity index (χ0v) is 8.71. The van der Waals surface area contributed by atoms with Gasteiger partial charge in [-0.2, -0.15) is 0 Å². The van der Waals surface area contributed by atoms with Gasteiger partial charge in [0, 0.05) is 19.1 Å². The summed E-state index contributed by atoms with van der Waals surface area (Å²) in [4.78, 5) is 21.6. The Morgan fingerprint density at radius 1 is 1.13 bits per heavy atom. The number of amides is 4. The molecular formula is C9H18N4O2. The first-order chi connectivity index (χ1) is 7.18. The van der Waals surface area contributed by atoms with Crippen LogP contribution in [0.4, 0.5) is 9.59 Å². The van der Waals surface area contributed by atoms with E-state index in [0.29, 0.717) is 19.1 Å². The summed E-state index contributed by atoms with van der Waals surface area (Å²) in [6.07, 6.45) is 4.50. The van der Waals surface area contributed by atoms with Crippen LogP contribution in [-0.2, 0) is 0 Å². The summed E-state index contributed by atoms with van der Waals surface area (Å²) in [6, 6.07) is -0.435. The molecule has 0 unspecified atom stereocenters. The molecule has 1 rings (SSSR count). The van der Waals surface area contributed by atoms with Crippen LogP contribution in [-0.4, -0.2) is 31.2 Å². The van der Waals surface area contributed by atoms with E-state index in [1.54, 1.807) is 0 Å². The van der Waals surface area contributed by atoms with Gasteiger partial charge in [0.2, 0.25) is 0 Å². The maximum Gasteiger partial charge on any atom is 0.315 e. The Kier molecular flexibility index (Phi) is 4.73. The number of primary amides is 1. The number of nitrogens with one attached hydrogen (secondary N) is 3. The molecule has 0 aliphatic heterocycles. The number of carbonyl (C=O) groups excluding carboxylic acids is 2. The lowest BCUT2D eigenvalue weighted by molar-refractivity contribution is 0.236. The second-order valence-corrected chi connectivity index (χ2v) is 3.67. The lowest BCUT2D eigenvalue weighted by Gasteiger charge is -2.12. The molecule has 0 heterocycles. The van der Waals surface area contributed by atoms with E-state index in [4.69, 9.17) is 5.73 Å². The van der Waals surface area contributed by atoms with Crippen molar-refractivity contribution in [3.05, 3.63) is 0 Å². The molecular weight excluding hydrogens is 196 g/mol. The molecule has 0 aromatic heterocycles. The predicted octanol–water partition coefficient (Wildman–Crippen LogP) is -0.104. The zero-order valence-electron chi connectivity index (χ0n) is 8.71. The van der Waals surface area contributed by atoms with Crippen molar-refractivity contribution >= 4 is 12.1 Å². The van der Waals surface area contributed by atoms with Crippen molar-refractivity contribution < 1.29 is 9.59 Å². The molecule has 1 saturated carbocycles. The van der Waals surface area contributed by atoms with Gasteiger partial charge in [-0.05, 0) is 12.8 Å². The molecule has 4 amide bonds. The topological polar surface area (TPSA) is 96.2 Å². The van der Waals surface area contributed by atoms with Crippen LogP contribution in [0.5, 0.6) is 0 Å². The van der Waals surface area contributed by atoms with Crippen LogP contribution in [0.25, 0.3) is 0 Å². The molecule has 0 saturated heterocycles. The van der Waals surface area contributed by atoms with Gasteiger partial charge in [0.1, 0.15) is 0 Å². The van der Waals surface area contributed by atoms with Gasteiger partial charge >= 0.3 is 12.1 Å². The Balaban J connectivity index is 2.00. The fraction of sp³-hybridized carbons (Fsp3) is 0.778. The van der Waals surface area contributed by atoms with Crippen LogP contribution in [0.2, 0.25) is 0 Å². The SMILES string of the molecule is NC(=O)NCCNC(=O)NC1CCCC1. The quantitative estimate of drug-likeness (QED) is 0.491. The highest BCUT2D eigenvalue weighted by atomic mass is 16.2. The van der Waals surface area contributed by atoms with E-state index in [-0.39, 0.29) is 6.03 Å². The van der Waals surface area contributed by atoms with Crippen molar-refractivity contribution in [3.8, 4) is 0 Å². The molecule has 6 nitrogen and oxygen atoms in total. The summed E-state index contributed by atoms with van der Waals surface area (Å²) < 4.78 is 0. The van der Waals surface area contributed by atoms with Crippen molar-refractivity contribution in [2.75, 3.05) is 13.1 Å². The summed E-state index contributed by atoms with van der Waals surface area (Å²) in [7, 11) is 0. The van der Waals surface area contributed by atoms with Gasteiger partial charge in [-0.3, -0.25) is 0 Å². The number of urea groups is 2. The van der Waals surface area contributed by atoms with Crippen molar-refractivity contribution in [2.45, 2.75) is 31.7 Å². The molecule has 1 aliphatic carbocycles. The van der Waals surface area contributed by atoms with Crippen LogP contribution in [0.3, 0.4) is 0 Å². The van der Waals surface area contributed by atoms with Gasteiger partial charge in [0.25, 0.3) is 0 Å². The van der Waals surface area contributed by atoms with Crippen LogP contribution in [0.1, 0.15) is 25.7 Å². The highest BCUT2D eigenvalue weighted by Gasteiger charge is 2.16. The van der Waals surface area contributed by atoms with Crippen molar-refractivity contribution in [3.63, 3.8) is 0 Å². The first-order valence-electron chi connectivity index (χ1n) is 5.26. The number of hydrogen-bond donors (Lipinski definition) is 4. The Bertz CT molecular complexity index is 226. The molecule has 0 atom stereocenters. The Morgan fingerprint density at radius 3 is 2.33 bits per heavy atom. The maximum atomic E-state index is 11.3. The lowest BCUT2D eigenvalue weighted by atomic mass is 10.2. The highest BCUT2D eigenvalue weighted by Crippen LogP contribution is 2.17. The summed E-state index contributed by atoms with van der Waals surface area (Å²) in [5, 5.41) is 7.91. The first-order valence-corrected chi connectivity index (χ1v) is 5.26. The van der Waals surface area contributed by atoms with Crippen LogP contribution >= 0.6 is 0 Å². The number of rotatable bonds is 4. The van der Waals surface area contributed by atoms with E-state index in [0.717, 1.165) is 12.8 Å². The van der Waals surface area contributed by atoms with Crippen molar-refractivity contribution in [2.24, 2.45) is 5.73 Å². The third kappa shape index (κ3) is 5.09. The minimum absolute atomic E-state index is 0.173. The maximum absolute atomic E-state index is 11.3. The summed E-state index contributed by atoms with van der Waals surface area (Å²) in [5.41, 5.74) is 4.86. The fourth-order valence-electron chi connectivity index (χ4n) is 1.67. The highest BCUT2D eigenvalue weighted by molar-refractivity contribution is 5.74. The minimum atomic E-state index is -0.576. The minimum Gasteiger partial charge on any atom is -0.352 e. The summed E-state index contributed by atoms with van der Waals surface area (Å²) >= 11 is 0. The third-order valence-corrected chi connectivity index (χ3v) is 2.40. The molecule has 1 aliphatic rings. The monoisotopic (exact) mass is 214 g/mol. The standard InChI is InChI=1S/C9H18N4O2/c10-8(14)11-5-6-12-9(15)13-7-3-1-2-4-7/h7H,1-6H2,(H3,10,11,14)(H2,12,13,15). The van der Waals surface area contributed by atoms with E-state index < -0.39 is 6.03 Å². The molecule has 15 heavy (non-hydrogen) atoms. The largest absolute Gasteiger partial charge is 0.352 e. The first kappa shape index (κ1) is 11.6. The zero-order chi connectivity index (χ0) is 11.1. The smallest absolute Gasteiger partial charge is 0.315 e. The average molecular weight is 214 g/mol. The van der Waals surface area contributed by atoms with Crippen molar-refractivity contribution in [1.29, 1.82) is 0 Å². The van der Waals surface area contributed by atoms with Crippen LogP contribution in [0.15, 0.2) is 0 Å². The molecule has 5 N–H and O–H groups in total. The lowest BCUT2D eigenvalue weighted by Crippen LogP contribution is -2.44. The van der Waals surface area contributed by atoms with Gasteiger partial charge in [0.15, 0.2) is 0 Å². The Hall–Kier alpha value is -1.46. The second-order valence-electron chi connectivity index (χ2n) is 3.67. The van der Waals surface area contributed by atoms with Gasteiger partial charge < -0.3 is 21.7 Å². The normalized spacial score (nSPS) is 16.0. The van der Waals surface area contributed by atoms with E-state index in [9.17, 15) is 9.59 Å². The van der Waals surface area contributed by atoms with Crippen molar-refractivity contribution in [1.82, 2.24) is 16.0 Å². The molecule has 0 aromatic rings. The molecule has 6 heteroatoms. The molecule has 0 radical (unpaired) electrons. The van der Waals surface area contributed by atoms with Gasteiger partial charge in [-0.1, -0.05) is 12.8 Å². The summed E-state index contributed by atoms with van der Waals surface area (Å²) in [5.74, 6) is 0.